The predicted octanol–water partition coefficient (Wildman–Crippen LogP) is 3.59. The van der Waals surface area contributed by atoms with Gasteiger partial charge in [0.25, 0.3) is 0 Å². The first-order chi connectivity index (χ1) is 13.1. The molecule has 1 aliphatic carbocycles. The van der Waals surface area contributed by atoms with Crippen molar-refractivity contribution in [3.63, 3.8) is 0 Å². The average Bonchev–Trinajstić information content (AvgIpc) is 3.29. The van der Waals surface area contributed by atoms with E-state index < -0.39 is 0 Å². The molecule has 0 bridgehead atoms. The van der Waals surface area contributed by atoms with E-state index in [1.165, 1.54) is 12.8 Å². The molecule has 1 aliphatic rings. The molecule has 0 N–H and O–H groups in total. The number of Topliss-reactive ketones (excluding diaryl/α,β-unsaturated/α-hetero) is 1. The highest BCUT2D eigenvalue weighted by Gasteiger charge is 2.29. The zero-order chi connectivity index (χ0) is 18.8. The fraction of sp³-hybridized carbons (Fsp3) is 0.524. The molecule has 0 spiro atoms. The quantitative estimate of drug-likeness (QED) is 0.581. The minimum atomic E-state index is 0.217. The number of imidazole rings is 1. The first kappa shape index (κ1) is 17.9. The molecule has 1 fully saturated rings. The van der Waals surface area contributed by atoms with E-state index >= 15 is 0 Å². The van der Waals surface area contributed by atoms with Crippen molar-refractivity contribution in [3.05, 3.63) is 47.9 Å². The smallest absolute Gasteiger partial charge is 0.139 e. The number of pyridine rings is 1. The number of aryl methyl sites for hydroxylation is 2. The number of carbonyl (C=O) groups excluding carboxylic acids is 1. The maximum atomic E-state index is 12.5. The number of hydrogen-bond donors (Lipinski definition) is 0. The molecule has 6 heteroatoms. The largest absolute Gasteiger partial charge is 0.312 e. The van der Waals surface area contributed by atoms with Gasteiger partial charge in [0.05, 0.1) is 0 Å². The van der Waals surface area contributed by atoms with E-state index in [4.69, 9.17) is 0 Å². The third kappa shape index (κ3) is 4.10. The first-order valence-electron chi connectivity index (χ1n) is 9.97. The van der Waals surface area contributed by atoms with Crippen molar-refractivity contribution < 1.29 is 4.79 Å². The van der Waals surface area contributed by atoms with Crippen LogP contribution in [0.1, 0.15) is 62.9 Å². The third-order valence-corrected chi connectivity index (χ3v) is 5.19. The number of rotatable bonds is 9. The maximum absolute atomic E-state index is 12.5. The molecule has 3 aromatic heterocycles. The van der Waals surface area contributed by atoms with Crippen LogP contribution in [-0.4, -0.2) is 29.9 Å². The summed E-state index contributed by atoms with van der Waals surface area (Å²) in [5.74, 6) is 2.94. The Bertz CT molecular complexity index is 935. The molecular weight excluding hydrogens is 338 g/mol. The summed E-state index contributed by atoms with van der Waals surface area (Å²) in [5, 5.41) is 8.85. The second-order valence-electron chi connectivity index (χ2n) is 7.96. The Kier molecular flexibility index (Phi) is 5.05. The van der Waals surface area contributed by atoms with Crippen LogP contribution < -0.4 is 0 Å². The lowest BCUT2D eigenvalue weighted by Gasteiger charge is -2.10. The van der Waals surface area contributed by atoms with Gasteiger partial charge in [-0.05, 0) is 37.3 Å². The molecule has 27 heavy (non-hydrogen) atoms. The molecule has 0 aromatic carbocycles. The Morgan fingerprint density at radius 1 is 1.19 bits per heavy atom. The summed E-state index contributed by atoms with van der Waals surface area (Å²) in [6.07, 6.45) is 9.82. The van der Waals surface area contributed by atoms with Crippen molar-refractivity contribution in [2.45, 2.75) is 64.8 Å². The first-order valence-corrected chi connectivity index (χ1v) is 9.97. The molecule has 6 nitrogen and oxygen atoms in total. The van der Waals surface area contributed by atoms with E-state index in [9.17, 15) is 4.79 Å². The lowest BCUT2D eigenvalue weighted by molar-refractivity contribution is -0.118. The molecule has 3 aromatic rings. The van der Waals surface area contributed by atoms with Crippen LogP contribution in [0.25, 0.3) is 5.65 Å². The summed E-state index contributed by atoms with van der Waals surface area (Å²) in [6, 6.07) is 6.41. The maximum Gasteiger partial charge on any atom is 0.139 e. The number of carbonyl (C=O) groups is 1. The second-order valence-corrected chi connectivity index (χ2v) is 7.96. The normalized spacial score (nSPS) is 14.3. The van der Waals surface area contributed by atoms with Gasteiger partial charge in [-0.1, -0.05) is 19.9 Å². The summed E-state index contributed by atoms with van der Waals surface area (Å²) >= 11 is 0. The molecule has 0 unspecified atom stereocenters. The molecule has 1 saturated carbocycles. The second kappa shape index (κ2) is 7.62. The Morgan fingerprint density at radius 2 is 1.96 bits per heavy atom. The van der Waals surface area contributed by atoms with Gasteiger partial charge in [0.15, 0.2) is 0 Å². The molecule has 0 radical (unpaired) electrons. The minimum absolute atomic E-state index is 0.217. The predicted molar refractivity (Wildman–Crippen MR) is 104 cm³/mol. The van der Waals surface area contributed by atoms with Crippen molar-refractivity contribution in [2.75, 3.05) is 0 Å². The third-order valence-electron chi connectivity index (χ3n) is 5.19. The van der Waals surface area contributed by atoms with Crippen LogP contribution in [-0.2, 0) is 24.1 Å². The Morgan fingerprint density at radius 3 is 2.70 bits per heavy atom. The Balaban J connectivity index is 1.40. The lowest BCUT2D eigenvalue weighted by atomic mass is 10.1. The van der Waals surface area contributed by atoms with Crippen LogP contribution in [0, 0.1) is 5.92 Å². The minimum Gasteiger partial charge on any atom is -0.312 e. The fourth-order valence-corrected chi connectivity index (χ4v) is 3.53. The van der Waals surface area contributed by atoms with Gasteiger partial charge in [0.1, 0.15) is 23.1 Å². The van der Waals surface area contributed by atoms with Gasteiger partial charge in [0.2, 0.25) is 0 Å². The molecule has 0 saturated heterocycles. The number of ketones is 1. The van der Waals surface area contributed by atoms with E-state index in [0.29, 0.717) is 31.2 Å². The summed E-state index contributed by atoms with van der Waals surface area (Å²) in [6.45, 7) is 4.47. The monoisotopic (exact) mass is 365 g/mol. The van der Waals surface area contributed by atoms with Gasteiger partial charge in [-0.15, -0.1) is 10.2 Å². The molecule has 3 heterocycles. The molecule has 142 valence electrons. The number of hydrogen-bond acceptors (Lipinski definition) is 4. The average molecular weight is 365 g/mol. The highest BCUT2D eigenvalue weighted by Crippen LogP contribution is 2.37. The summed E-state index contributed by atoms with van der Waals surface area (Å²) in [5.41, 5.74) is 1.82. The molecule has 4 rings (SSSR count). The highest BCUT2D eigenvalue weighted by molar-refractivity contribution is 5.80. The summed E-state index contributed by atoms with van der Waals surface area (Å²) < 4.78 is 4.29. The Labute approximate surface area is 159 Å². The van der Waals surface area contributed by atoms with E-state index in [2.05, 4.69) is 33.6 Å². The Hall–Kier alpha value is -2.50. The van der Waals surface area contributed by atoms with E-state index in [-0.39, 0.29) is 5.78 Å². The van der Waals surface area contributed by atoms with Gasteiger partial charge < -0.3 is 8.97 Å². The van der Waals surface area contributed by atoms with Gasteiger partial charge in [0, 0.05) is 49.8 Å². The number of aromatic nitrogens is 5. The van der Waals surface area contributed by atoms with Gasteiger partial charge in [-0.3, -0.25) is 4.79 Å². The van der Waals surface area contributed by atoms with Crippen LogP contribution in [0.2, 0.25) is 0 Å². The topological polar surface area (TPSA) is 65.1 Å². The van der Waals surface area contributed by atoms with Gasteiger partial charge in [-0.2, -0.15) is 0 Å². The van der Waals surface area contributed by atoms with E-state index in [0.717, 1.165) is 35.8 Å². The van der Waals surface area contributed by atoms with Crippen LogP contribution in [0.4, 0.5) is 0 Å². The van der Waals surface area contributed by atoms with Crippen molar-refractivity contribution in [2.24, 2.45) is 5.92 Å². The van der Waals surface area contributed by atoms with Crippen molar-refractivity contribution >= 4 is 11.4 Å². The van der Waals surface area contributed by atoms with E-state index in [1.54, 1.807) is 6.20 Å². The molecule has 0 amide bonds. The SMILES string of the molecule is CC(C)CCc1nnc(CCC(=O)Cc2cnc3ccccn23)n1C1CC1. The van der Waals surface area contributed by atoms with Gasteiger partial charge >= 0.3 is 0 Å². The lowest BCUT2D eigenvalue weighted by Crippen LogP contribution is -2.11. The molecular formula is C21H27N5O. The fourth-order valence-electron chi connectivity index (χ4n) is 3.53. The van der Waals surface area contributed by atoms with Crippen molar-refractivity contribution in [1.82, 2.24) is 24.1 Å². The van der Waals surface area contributed by atoms with Crippen LogP contribution in [0.3, 0.4) is 0 Å². The van der Waals surface area contributed by atoms with Crippen LogP contribution in [0.5, 0.6) is 0 Å². The van der Waals surface area contributed by atoms with Crippen molar-refractivity contribution in [3.8, 4) is 0 Å². The molecule has 0 atom stereocenters. The zero-order valence-electron chi connectivity index (χ0n) is 16.1. The van der Waals surface area contributed by atoms with Crippen LogP contribution in [0.15, 0.2) is 30.6 Å². The van der Waals surface area contributed by atoms with Crippen LogP contribution >= 0.6 is 0 Å². The summed E-state index contributed by atoms with van der Waals surface area (Å²) in [4.78, 5) is 16.9. The standard InChI is InChI=1S/C21H27N5O/c1-15(2)6-10-20-23-24-21(26(20)16-7-8-16)11-9-18(27)13-17-14-22-19-5-3-4-12-25(17)19/h3-5,12,14-16H,6-11,13H2,1-2H3. The highest BCUT2D eigenvalue weighted by atomic mass is 16.1. The van der Waals surface area contributed by atoms with E-state index in [1.807, 2.05) is 28.8 Å². The zero-order valence-corrected chi connectivity index (χ0v) is 16.1. The molecule has 0 aliphatic heterocycles. The number of nitrogens with zero attached hydrogens (tertiary/aromatic N) is 5. The van der Waals surface area contributed by atoms with Crippen molar-refractivity contribution in [1.29, 1.82) is 0 Å². The van der Waals surface area contributed by atoms with Gasteiger partial charge in [-0.25, -0.2) is 4.98 Å². The number of fused-ring (bicyclic) bond motifs is 1. The summed E-state index contributed by atoms with van der Waals surface area (Å²) in [7, 11) is 0.